The Balaban J connectivity index is 1.48. The number of halogens is 3. The van der Waals surface area contributed by atoms with Crippen LogP contribution in [-0.4, -0.2) is 48.0 Å². The summed E-state index contributed by atoms with van der Waals surface area (Å²) in [6.45, 7) is -0.143. The summed E-state index contributed by atoms with van der Waals surface area (Å²) < 4.78 is 50.4. The van der Waals surface area contributed by atoms with Gasteiger partial charge in [0.05, 0.1) is 12.7 Å². The van der Waals surface area contributed by atoms with Gasteiger partial charge in [0, 0.05) is 31.4 Å². The van der Waals surface area contributed by atoms with E-state index in [-0.39, 0.29) is 36.9 Å². The smallest absolute Gasteiger partial charge is 0.416 e. The van der Waals surface area contributed by atoms with E-state index in [2.05, 4.69) is 10.3 Å². The number of alkyl halides is 3. The van der Waals surface area contributed by atoms with E-state index in [0.717, 1.165) is 6.07 Å². The topological polar surface area (TPSA) is 83.5 Å². The number of carbonyl (C=O) groups excluding carboxylic acids is 2. The zero-order chi connectivity index (χ0) is 23.6. The second-order valence-electron chi connectivity index (χ2n) is 7.21. The molecule has 2 aliphatic heterocycles. The lowest BCUT2D eigenvalue weighted by Crippen LogP contribution is -2.36. The molecule has 8 nitrogen and oxygen atoms in total. The molecule has 4 rings (SSSR count). The Bertz CT molecular complexity index is 1150. The van der Waals surface area contributed by atoms with Gasteiger partial charge >= 0.3 is 18.2 Å². The molecule has 0 saturated carbocycles. The Morgan fingerprint density at radius 2 is 1.97 bits per heavy atom. The highest BCUT2D eigenvalue weighted by molar-refractivity contribution is 6.08. The summed E-state index contributed by atoms with van der Waals surface area (Å²) in [7, 11) is 1.50. The van der Waals surface area contributed by atoms with Gasteiger partial charge in [0.1, 0.15) is 17.7 Å². The van der Waals surface area contributed by atoms with Crippen molar-refractivity contribution in [2.45, 2.75) is 12.7 Å². The zero-order valence-corrected chi connectivity index (χ0v) is 17.4. The molecule has 2 aromatic rings. The van der Waals surface area contributed by atoms with Crippen LogP contribution in [0.2, 0.25) is 0 Å². The summed E-state index contributed by atoms with van der Waals surface area (Å²) in [6, 6.07) is 10.9. The molecule has 0 aromatic heterocycles. The van der Waals surface area contributed by atoms with Crippen molar-refractivity contribution >= 4 is 23.6 Å². The lowest BCUT2D eigenvalue weighted by atomic mass is 10.1. The molecule has 0 bridgehead atoms. The number of ether oxygens (including phenoxy) is 2. The van der Waals surface area contributed by atoms with Gasteiger partial charge in [-0.15, -0.1) is 4.99 Å². The van der Waals surface area contributed by atoms with Crippen LogP contribution in [0.1, 0.15) is 11.1 Å². The number of methoxy groups -OCH3 is 1. The minimum atomic E-state index is -4.55. The van der Waals surface area contributed by atoms with Crippen LogP contribution in [0.5, 0.6) is 5.75 Å². The third-order valence-electron chi connectivity index (χ3n) is 5.10. The number of hydrogen-bond donors (Lipinski definition) is 1. The molecule has 11 heteroatoms. The first-order valence-electron chi connectivity index (χ1n) is 9.89. The van der Waals surface area contributed by atoms with Crippen molar-refractivity contribution in [1.82, 2.24) is 9.80 Å². The number of rotatable bonds is 5. The van der Waals surface area contributed by atoms with E-state index in [9.17, 15) is 22.8 Å². The highest BCUT2D eigenvalue weighted by atomic mass is 19.4. The number of nitrogens with zero attached hydrogens (tertiary/aromatic N) is 3. The molecule has 2 heterocycles. The largest absolute Gasteiger partial charge is 0.497 e. The van der Waals surface area contributed by atoms with Crippen LogP contribution in [0, 0.1) is 0 Å². The summed E-state index contributed by atoms with van der Waals surface area (Å²) in [5, 5.41) is 2.71. The normalized spacial score (nSPS) is 15.8. The summed E-state index contributed by atoms with van der Waals surface area (Å²) in [5.74, 6) is 0.0543. The van der Waals surface area contributed by atoms with Gasteiger partial charge in [0.2, 0.25) is 0 Å². The van der Waals surface area contributed by atoms with Crippen LogP contribution >= 0.6 is 0 Å². The summed E-state index contributed by atoms with van der Waals surface area (Å²) in [4.78, 5) is 31.8. The number of urea groups is 1. The SMILES string of the molecule is COc1cccc(NC(=O)C2=COC3=NC(=O)N(Cc4ccccc4C(F)(F)F)CCN23)c1. The van der Waals surface area contributed by atoms with Gasteiger partial charge < -0.3 is 19.7 Å². The van der Waals surface area contributed by atoms with Crippen molar-refractivity contribution in [2.24, 2.45) is 4.99 Å². The van der Waals surface area contributed by atoms with E-state index in [0.29, 0.717) is 11.4 Å². The first-order chi connectivity index (χ1) is 15.8. The van der Waals surface area contributed by atoms with E-state index in [4.69, 9.17) is 9.47 Å². The Labute approximate surface area is 186 Å². The molecule has 3 amide bonds. The summed E-state index contributed by atoms with van der Waals surface area (Å²) in [5.41, 5.74) is -0.262. The lowest BCUT2D eigenvalue weighted by Gasteiger charge is -2.23. The standard InChI is InChI=1S/C22H19F3N4O4/c1-32-16-7-4-6-15(11-16)26-19(30)18-13-33-21-27-20(31)28(9-10-29(18)21)12-14-5-2-3-8-17(14)22(23,24)25/h2-8,11,13H,9-10,12H2,1H3,(H,26,30). The van der Waals surface area contributed by atoms with Crippen LogP contribution in [0.4, 0.5) is 23.7 Å². The van der Waals surface area contributed by atoms with Crippen LogP contribution in [0.3, 0.4) is 0 Å². The Morgan fingerprint density at radius 3 is 2.73 bits per heavy atom. The van der Waals surface area contributed by atoms with Crippen molar-refractivity contribution in [3.63, 3.8) is 0 Å². The molecule has 0 spiro atoms. The van der Waals surface area contributed by atoms with Crippen LogP contribution < -0.4 is 10.1 Å². The number of amides is 3. The zero-order valence-electron chi connectivity index (χ0n) is 17.4. The van der Waals surface area contributed by atoms with Gasteiger partial charge in [-0.1, -0.05) is 24.3 Å². The van der Waals surface area contributed by atoms with E-state index in [1.165, 1.54) is 41.4 Å². The maximum absolute atomic E-state index is 13.3. The first-order valence-corrected chi connectivity index (χ1v) is 9.89. The van der Waals surface area contributed by atoms with Gasteiger partial charge in [-0.2, -0.15) is 13.2 Å². The van der Waals surface area contributed by atoms with Crippen LogP contribution in [0.15, 0.2) is 65.5 Å². The van der Waals surface area contributed by atoms with E-state index >= 15 is 0 Å². The number of aliphatic imine (C=N–C) groups is 1. The Hall–Kier alpha value is -4.02. The highest BCUT2D eigenvalue weighted by Crippen LogP contribution is 2.32. The average molecular weight is 460 g/mol. The molecule has 0 unspecified atom stereocenters. The van der Waals surface area contributed by atoms with Gasteiger partial charge in [-0.05, 0) is 23.8 Å². The third-order valence-corrected chi connectivity index (χ3v) is 5.10. The van der Waals surface area contributed by atoms with Gasteiger partial charge in [0.25, 0.3) is 5.91 Å². The molecule has 0 radical (unpaired) electrons. The maximum atomic E-state index is 13.3. The average Bonchev–Trinajstić information content (AvgIpc) is 3.11. The molecule has 33 heavy (non-hydrogen) atoms. The fourth-order valence-corrected chi connectivity index (χ4v) is 3.47. The molecular weight excluding hydrogens is 441 g/mol. The van der Waals surface area contributed by atoms with Gasteiger partial charge in [-0.25, -0.2) is 4.79 Å². The summed E-state index contributed by atoms with van der Waals surface area (Å²) >= 11 is 0. The minimum absolute atomic E-state index is 0.0329. The number of hydrogen-bond acceptors (Lipinski definition) is 5. The second-order valence-corrected chi connectivity index (χ2v) is 7.21. The second kappa shape index (κ2) is 8.85. The molecule has 2 aromatic carbocycles. The lowest BCUT2D eigenvalue weighted by molar-refractivity contribution is -0.138. The molecule has 0 saturated heterocycles. The van der Waals surface area contributed by atoms with Crippen molar-refractivity contribution in [3.05, 3.63) is 71.6 Å². The van der Waals surface area contributed by atoms with Crippen molar-refractivity contribution in [3.8, 4) is 5.75 Å². The number of fused-ring (bicyclic) bond motifs is 1. The molecule has 0 atom stereocenters. The van der Waals surface area contributed by atoms with Gasteiger partial charge in [-0.3, -0.25) is 9.69 Å². The third kappa shape index (κ3) is 4.76. The van der Waals surface area contributed by atoms with E-state index < -0.39 is 23.7 Å². The predicted molar refractivity (Wildman–Crippen MR) is 112 cm³/mol. The number of nitrogens with one attached hydrogen (secondary N) is 1. The van der Waals surface area contributed by atoms with Crippen LogP contribution in [-0.2, 0) is 22.3 Å². The Morgan fingerprint density at radius 1 is 1.18 bits per heavy atom. The predicted octanol–water partition coefficient (Wildman–Crippen LogP) is 3.82. The number of amidine groups is 1. The van der Waals surface area contributed by atoms with Crippen molar-refractivity contribution in [2.75, 3.05) is 25.5 Å². The fraction of sp³-hybridized carbons (Fsp3) is 0.227. The summed E-state index contributed by atoms with van der Waals surface area (Å²) in [6.07, 6.45) is -3.37. The van der Waals surface area contributed by atoms with Gasteiger partial charge in [0.15, 0.2) is 0 Å². The molecule has 1 N–H and O–H groups in total. The van der Waals surface area contributed by atoms with Crippen molar-refractivity contribution < 1.29 is 32.2 Å². The van der Waals surface area contributed by atoms with E-state index in [1.54, 1.807) is 24.3 Å². The Kier molecular flexibility index (Phi) is 5.95. The number of benzene rings is 2. The number of anilines is 1. The number of carbonyl (C=O) groups is 2. The molecular formula is C22H19F3N4O4. The molecule has 2 aliphatic rings. The quantitative estimate of drug-likeness (QED) is 0.734. The fourth-order valence-electron chi connectivity index (χ4n) is 3.47. The minimum Gasteiger partial charge on any atom is -0.497 e. The van der Waals surface area contributed by atoms with Crippen LogP contribution in [0.25, 0.3) is 0 Å². The molecule has 0 fully saturated rings. The maximum Gasteiger partial charge on any atom is 0.416 e. The van der Waals surface area contributed by atoms with E-state index in [1.807, 2.05) is 0 Å². The highest BCUT2D eigenvalue weighted by Gasteiger charge is 2.36. The van der Waals surface area contributed by atoms with Crippen molar-refractivity contribution in [1.29, 1.82) is 0 Å². The molecule has 0 aliphatic carbocycles. The monoisotopic (exact) mass is 460 g/mol. The first kappa shape index (κ1) is 22.2. The molecule has 172 valence electrons.